The van der Waals surface area contributed by atoms with E-state index in [2.05, 4.69) is 6.58 Å². The van der Waals surface area contributed by atoms with Gasteiger partial charge in [0.05, 0.1) is 13.2 Å². The van der Waals surface area contributed by atoms with Crippen molar-refractivity contribution in [3.05, 3.63) is 24.3 Å². The van der Waals surface area contributed by atoms with Crippen molar-refractivity contribution < 1.29 is 29.0 Å². The van der Waals surface area contributed by atoms with Gasteiger partial charge in [0.25, 0.3) is 0 Å². The van der Waals surface area contributed by atoms with E-state index in [1.165, 1.54) is 6.08 Å². The molecule has 0 aromatic rings. The Hall–Kier alpha value is -2.11. The fraction of sp³-hybridized carbons (Fsp3) is 0.533. The van der Waals surface area contributed by atoms with E-state index in [-0.39, 0.29) is 12.2 Å². The number of rotatable bonds is 11. The van der Waals surface area contributed by atoms with Crippen LogP contribution in [0.25, 0.3) is 0 Å². The molecule has 0 aliphatic rings. The summed E-state index contributed by atoms with van der Waals surface area (Å²) in [6, 6.07) is 0. The van der Waals surface area contributed by atoms with Gasteiger partial charge in [-0.1, -0.05) is 19.6 Å². The first-order valence-corrected chi connectivity index (χ1v) is 6.92. The number of carbonyl (C=O) groups is 3. The van der Waals surface area contributed by atoms with Gasteiger partial charge in [-0.2, -0.15) is 0 Å². The number of aliphatic carboxylic acids is 1. The van der Waals surface area contributed by atoms with E-state index in [4.69, 9.17) is 14.6 Å². The van der Waals surface area contributed by atoms with Crippen molar-refractivity contribution in [2.24, 2.45) is 0 Å². The molecule has 0 rings (SSSR count). The largest absolute Gasteiger partial charge is 0.477 e. The Balaban J connectivity index is 3.69. The van der Waals surface area contributed by atoms with Gasteiger partial charge in [-0.3, -0.25) is 0 Å². The monoisotopic (exact) mass is 298 g/mol. The molecule has 118 valence electrons. The minimum atomic E-state index is -1.27. The molecule has 0 bridgehead atoms. The minimum Gasteiger partial charge on any atom is -0.477 e. The average molecular weight is 298 g/mol. The molecule has 0 aromatic heterocycles. The molecule has 1 N–H and O–H groups in total. The Kier molecular flexibility index (Phi) is 10.5. The number of ether oxygens (including phenoxy) is 2. The zero-order valence-corrected chi connectivity index (χ0v) is 12.3. The summed E-state index contributed by atoms with van der Waals surface area (Å²) >= 11 is 0. The van der Waals surface area contributed by atoms with Gasteiger partial charge >= 0.3 is 17.9 Å². The highest BCUT2D eigenvalue weighted by atomic mass is 16.5. The topological polar surface area (TPSA) is 89.9 Å². The van der Waals surface area contributed by atoms with Crippen molar-refractivity contribution in [1.29, 1.82) is 0 Å². The van der Waals surface area contributed by atoms with E-state index in [9.17, 15) is 14.4 Å². The Morgan fingerprint density at radius 1 is 1.05 bits per heavy atom. The first kappa shape index (κ1) is 18.9. The lowest BCUT2D eigenvalue weighted by molar-refractivity contribution is -0.144. The van der Waals surface area contributed by atoms with Crippen LogP contribution >= 0.6 is 0 Å². The molecular formula is C15H22O6. The van der Waals surface area contributed by atoms with Crippen LogP contribution in [-0.2, 0) is 23.9 Å². The van der Waals surface area contributed by atoms with E-state index in [1.807, 2.05) is 0 Å². The van der Waals surface area contributed by atoms with E-state index in [0.717, 1.165) is 25.3 Å². The Morgan fingerprint density at radius 3 is 2.10 bits per heavy atom. The maximum absolute atomic E-state index is 11.5. The molecule has 0 fully saturated rings. The standard InChI is InChI=1S/C15H22O6/c1-3-9-12(14(17)18)15(19)21-11-8-6-5-7-10-20-13(16)4-2/h4,9H,2-3,5-8,10-11H2,1H3,(H,17,18). The third-order valence-corrected chi connectivity index (χ3v) is 2.54. The maximum Gasteiger partial charge on any atom is 0.345 e. The molecule has 0 spiro atoms. The van der Waals surface area contributed by atoms with Crippen LogP contribution in [0.1, 0.15) is 39.0 Å². The van der Waals surface area contributed by atoms with Crippen LogP contribution < -0.4 is 0 Å². The number of carboxylic acids is 1. The molecule has 0 aliphatic carbocycles. The number of carbonyl (C=O) groups excluding carboxylic acids is 2. The molecule has 6 heteroatoms. The second-order valence-corrected chi connectivity index (χ2v) is 4.25. The fourth-order valence-corrected chi connectivity index (χ4v) is 1.49. The van der Waals surface area contributed by atoms with Crippen molar-refractivity contribution in [2.75, 3.05) is 13.2 Å². The molecule has 0 unspecified atom stereocenters. The molecule has 21 heavy (non-hydrogen) atoms. The van der Waals surface area contributed by atoms with E-state index >= 15 is 0 Å². The third kappa shape index (κ3) is 9.43. The summed E-state index contributed by atoms with van der Waals surface area (Å²) in [7, 11) is 0. The zero-order valence-electron chi connectivity index (χ0n) is 12.3. The number of carboxylic acid groups (broad SMARTS) is 1. The SMILES string of the molecule is C=CC(=O)OCCCCCCOC(=O)C(=CCC)C(=O)O. The van der Waals surface area contributed by atoms with Crippen LogP contribution in [0, 0.1) is 0 Å². The second-order valence-electron chi connectivity index (χ2n) is 4.25. The second kappa shape index (κ2) is 11.7. The molecule has 0 radical (unpaired) electrons. The van der Waals surface area contributed by atoms with Crippen LogP contribution in [0.2, 0.25) is 0 Å². The van der Waals surface area contributed by atoms with E-state index in [1.54, 1.807) is 6.92 Å². The number of allylic oxidation sites excluding steroid dienone is 1. The van der Waals surface area contributed by atoms with Gasteiger partial charge in [0.1, 0.15) is 5.57 Å². The van der Waals surface area contributed by atoms with Gasteiger partial charge in [0.15, 0.2) is 0 Å². The summed E-state index contributed by atoms with van der Waals surface area (Å²) in [6.45, 7) is 5.55. The molecule has 0 saturated heterocycles. The predicted octanol–water partition coefficient (Wildman–Crippen LogP) is 2.24. The van der Waals surface area contributed by atoms with Crippen LogP contribution in [0.5, 0.6) is 0 Å². The Morgan fingerprint density at radius 2 is 1.62 bits per heavy atom. The highest BCUT2D eigenvalue weighted by Crippen LogP contribution is 2.04. The number of unbranched alkanes of at least 4 members (excludes halogenated alkanes) is 3. The highest BCUT2D eigenvalue weighted by molar-refractivity contribution is 6.13. The highest BCUT2D eigenvalue weighted by Gasteiger charge is 2.17. The summed E-state index contributed by atoms with van der Waals surface area (Å²) in [5.41, 5.74) is -0.325. The van der Waals surface area contributed by atoms with Gasteiger partial charge in [0, 0.05) is 6.08 Å². The predicted molar refractivity (Wildman–Crippen MR) is 76.6 cm³/mol. The van der Waals surface area contributed by atoms with Crippen molar-refractivity contribution in [3.8, 4) is 0 Å². The van der Waals surface area contributed by atoms with Crippen molar-refractivity contribution >= 4 is 17.9 Å². The molecule has 0 atom stereocenters. The summed E-state index contributed by atoms with van der Waals surface area (Å²) in [5, 5.41) is 8.82. The quantitative estimate of drug-likeness (QED) is 0.207. The Bertz CT molecular complexity index is 397. The van der Waals surface area contributed by atoms with Crippen molar-refractivity contribution in [2.45, 2.75) is 39.0 Å². The molecular weight excluding hydrogens is 276 g/mol. The fourth-order valence-electron chi connectivity index (χ4n) is 1.49. The first-order valence-electron chi connectivity index (χ1n) is 6.92. The maximum atomic E-state index is 11.5. The summed E-state index contributed by atoms with van der Waals surface area (Å²) in [4.78, 5) is 33.0. The Labute approximate surface area is 124 Å². The van der Waals surface area contributed by atoms with E-state index in [0.29, 0.717) is 19.4 Å². The molecule has 0 saturated carbocycles. The van der Waals surface area contributed by atoms with Crippen molar-refractivity contribution in [1.82, 2.24) is 0 Å². The van der Waals surface area contributed by atoms with Gasteiger partial charge in [-0.25, -0.2) is 14.4 Å². The lowest BCUT2D eigenvalue weighted by Gasteiger charge is -2.05. The average Bonchev–Trinajstić information content (AvgIpc) is 2.46. The molecule has 0 aromatic carbocycles. The summed E-state index contributed by atoms with van der Waals surface area (Å²) in [6.07, 6.45) is 5.91. The lowest BCUT2D eigenvalue weighted by Crippen LogP contribution is -2.16. The van der Waals surface area contributed by atoms with Gasteiger partial charge in [-0.05, 0) is 32.1 Å². The number of hydrogen-bond donors (Lipinski definition) is 1. The van der Waals surface area contributed by atoms with Crippen LogP contribution in [0.4, 0.5) is 0 Å². The third-order valence-electron chi connectivity index (χ3n) is 2.54. The van der Waals surface area contributed by atoms with E-state index < -0.39 is 17.9 Å². The number of esters is 2. The molecule has 0 amide bonds. The lowest BCUT2D eigenvalue weighted by atomic mass is 10.2. The first-order chi connectivity index (χ1) is 10.0. The molecule has 0 heterocycles. The zero-order chi connectivity index (χ0) is 16.1. The minimum absolute atomic E-state index is 0.180. The smallest absolute Gasteiger partial charge is 0.345 e. The van der Waals surface area contributed by atoms with Gasteiger partial charge in [-0.15, -0.1) is 0 Å². The van der Waals surface area contributed by atoms with Crippen LogP contribution in [0.3, 0.4) is 0 Å². The summed E-state index contributed by atoms with van der Waals surface area (Å²) in [5.74, 6) is -2.51. The van der Waals surface area contributed by atoms with Crippen LogP contribution in [0.15, 0.2) is 24.3 Å². The van der Waals surface area contributed by atoms with Gasteiger partial charge < -0.3 is 14.6 Å². The molecule has 6 nitrogen and oxygen atoms in total. The van der Waals surface area contributed by atoms with Crippen molar-refractivity contribution in [3.63, 3.8) is 0 Å². The normalized spacial score (nSPS) is 10.8. The van der Waals surface area contributed by atoms with Crippen LogP contribution in [-0.4, -0.2) is 36.2 Å². The summed E-state index contributed by atoms with van der Waals surface area (Å²) < 4.78 is 9.70. The number of hydrogen-bond acceptors (Lipinski definition) is 5. The molecule has 0 aliphatic heterocycles. The van der Waals surface area contributed by atoms with Gasteiger partial charge in [0.2, 0.25) is 0 Å².